The van der Waals surface area contributed by atoms with Gasteiger partial charge < -0.3 is 5.11 Å². The molecule has 1 aromatic heterocycles. The van der Waals surface area contributed by atoms with Gasteiger partial charge in [-0.2, -0.15) is 5.10 Å². The molecule has 4 nitrogen and oxygen atoms in total. The molecule has 1 N–H and O–H groups in total. The summed E-state index contributed by atoms with van der Waals surface area (Å²) in [5.74, 6) is -0.943. The first-order valence-corrected chi connectivity index (χ1v) is 4.05. The largest absolute Gasteiger partial charge is 0.478 e. The van der Waals surface area contributed by atoms with E-state index in [0.29, 0.717) is 6.54 Å². The Labute approximate surface area is 77.6 Å². The van der Waals surface area contributed by atoms with Crippen LogP contribution in [-0.2, 0) is 11.3 Å². The molecular weight excluding hydrogens is 224 g/mol. The average Bonchev–Trinajstić information content (AvgIpc) is 2.35. The van der Waals surface area contributed by atoms with E-state index >= 15 is 0 Å². The smallest absolute Gasteiger partial charge is 0.328 e. The fraction of sp³-hybridized carbons (Fsp3) is 0.143. The highest BCUT2D eigenvalue weighted by molar-refractivity contribution is 9.10. The summed E-state index contributed by atoms with van der Waals surface area (Å²) in [6, 6.07) is 0. The Hall–Kier alpha value is -1.10. The van der Waals surface area contributed by atoms with Gasteiger partial charge in [-0.3, -0.25) is 4.68 Å². The summed E-state index contributed by atoms with van der Waals surface area (Å²) in [4.78, 5) is 10.1. The number of allylic oxidation sites excluding steroid dienone is 1. The number of rotatable bonds is 3. The van der Waals surface area contributed by atoms with Gasteiger partial charge in [0.15, 0.2) is 0 Å². The molecule has 0 radical (unpaired) electrons. The number of nitrogens with zero attached hydrogens (tertiary/aromatic N) is 2. The predicted molar refractivity (Wildman–Crippen MR) is 46.7 cm³/mol. The lowest BCUT2D eigenvalue weighted by molar-refractivity contribution is -0.131. The lowest BCUT2D eigenvalue weighted by Crippen LogP contribution is -1.96. The van der Waals surface area contributed by atoms with Crippen LogP contribution in [0.4, 0.5) is 0 Å². The second kappa shape index (κ2) is 4.06. The van der Waals surface area contributed by atoms with Gasteiger partial charge in [0.2, 0.25) is 0 Å². The second-order valence-electron chi connectivity index (χ2n) is 2.12. The third-order valence-electron chi connectivity index (χ3n) is 1.15. The van der Waals surface area contributed by atoms with Crippen molar-refractivity contribution < 1.29 is 9.90 Å². The molecule has 1 aromatic rings. The van der Waals surface area contributed by atoms with Crippen LogP contribution in [0, 0.1) is 0 Å². The van der Waals surface area contributed by atoms with Gasteiger partial charge in [0.1, 0.15) is 0 Å². The Morgan fingerprint density at radius 3 is 3.08 bits per heavy atom. The van der Waals surface area contributed by atoms with E-state index in [1.54, 1.807) is 17.1 Å². The van der Waals surface area contributed by atoms with E-state index in [2.05, 4.69) is 21.0 Å². The Morgan fingerprint density at radius 1 is 1.83 bits per heavy atom. The molecule has 0 unspecified atom stereocenters. The van der Waals surface area contributed by atoms with Crippen LogP contribution in [0.2, 0.25) is 0 Å². The van der Waals surface area contributed by atoms with E-state index in [9.17, 15) is 4.79 Å². The predicted octanol–water partition coefficient (Wildman–Crippen LogP) is 1.29. The monoisotopic (exact) mass is 230 g/mol. The quantitative estimate of drug-likeness (QED) is 0.797. The third kappa shape index (κ3) is 2.87. The van der Waals surface area contributed by atoms with Crippen LogP contribution in [0.15, 0.2) is 29.0 Å². The fourth-order valence-corrected chi connectivity index (χ4v) is 1.03. The van der Waals surface area contributed by atoms with E-state index in [4.69, 9.17) is 5.11 Å². The normalized spacial score (nSPS) is 10.8. The lowest BCUT2D eigenvalue weighted by Gasteiger charge is -1.91. The lowest BCUT2D eigenvalue weighted by atomic mass is 10.5. The Bertz CT molecular complexity index is 306. The number of hydrogen-bond acceptors (Lipinski definition) is 2. The fourth-order valence-electron chi connectivity index (χ4n) is 0.700. The molecule has 1 heterocycles. The molecule has 0 bridgehead atoms. The highest BCUT2D eigenvalue weighted by atomic mass is 79.9. The first kappa shape index (κ1) is 8.99. The van der Waals surface area contributed by atoms with Crippen LogP contribution in [0.5, 0.6) is 0 Å². The standard InChI is InChI=1S/C7H7BrN2O2/c8-6-4-9-10(5-6)3-1-2-7(11)12/h1-2,4-5H,3H2,(H,11,12)/b2-1+. The van der Waals surface area contributed by atoms with Crippen molar-refractivity contribution in [3.63, 3.8) is 0 Å². The van der Waals surface area contributed by atoms with Gasteiger partial charge in [-0.05, 0) is 15.9 Å². The first-order chi connectivity index (χ1) is 5.68. The van der Waals surface area contributed by atoms with Crippen molar-refractivity contribution in [2.75, 3.05) is 0 Å². The highest BCUT2D eigenvalue weighted by Gasteiger charge is 1.91. The van der Waals surface area contributed by atoms with E-state index in [0.717, 1.165) is 10.5 Å². The van der Waals surface area contributed by atoms with Gasteiger partial charge in [-0.1, -0.05) is 6.08 Å². The summed E-state index contributed by atoms with van der Waals surface area (Å²) in [6.45, 7) is 0.470. The zero-order valence-corrected chi connectivity index (χ0v) is 7.73. The number of hydrogen-bond donors (Lipinski definition) is 1. The number of aromatic nitrogens is 2. The van der Waals surface area contributed by atoms with E-state index < -0.39 is 5.97 Å². The van der Waals surface area contributed by atoms with Crippen molar-refractivity contribution >= 4 is 21.9 Å². The van der Waals surface area contributed by atoms with Crippen molar-refractivity contribution in [1.82, 2.24) is 9.78 Å². The van der Waals surface area contributed by atoms with Gasteiger partial charge in [0.05, 0.1) is 17.2 Å². The van der Waals surface area contributed by atoms with Crippen molar-refractivity contribution in [3.05, 3.63) is 29.0 Å². The Balaban J connectivity index is 2.48. The molecule has 0 aliphatic rings. The van der Waals surface area contributed by atoms with Crippen LogP contribution in [0.1, 0.15) is 0 Å². The van der Waals surface area contributed by atoms with Crippen LogP contribution in [-0.4, -0.2) is 20.9 Å². The van der Waals surface area contributed by atoms with E-state index in [1.165, 1.54) is 6.08 Å². The van der Waals surface area contributed by atoms with Crippen LogP contribution < -0.4 is 0 Å². The summed E-state index contributed by atoms with van der Waals surface area (Å²) in [7, 11) is 0. The van der Waals surface area contributed by atoms with E-state index in [1.807, 2.05) is 0 Å². The summed E-state index contributed by atoms with van der Waals surface area (Å²) in [5, 5.41) is 12.2. The van der Waals surface area contributed by atoms with Crippen LogP contribution in [0.25, 0.3) is 0 Å². The molecule has 1 rings (SSSR count). The summed E-state index contributed by atoms with van der Waals surface area (Å²) >= 11 is 3.23. The molecule has 5 heteroatoms. The summed E-state index contributed by atoms with van der Waals surface area (Å²) < 4.78 is 2.51. The third-order valence-corrected chi connectivity index (χ3v) is 1.56. The number of halogens is 1. The molecule has 0 aromatic carbocycles. The molecule has 0 spiro atoms. The minimum Gasteiger partial charge on any atom is -0.478 e. The average molecular weight is 231 g/mol. The van der Waals surface area contributed by atoms with Crippen molar-refractivity contribution in [2.45, 2.75) is 6.54 Å². The van der Waals surface area contributed by atoms with Gasteiger partial charge in [0, 0.05) is 12.3 Å². The maximum atomic E-state index is 10.1. The van der Waals surface area contributed by atoms with E-state index in [-0.39, 0.29) is 0 Å². The summed E-state index contributed by atoms with van der Waals surface area (Å²) in [6.07, 6.45) is 6.04. The SMILES string of the molecule is O=C(O)/C=C/Cn1cc(Br)cn1. The molecule has 12 heavy (non-hydrogen) atoms. The Kier molecular flexibility index (Phi) is 3.04. The number of carboxylic acid groups (broad SMARTS) is 1. The summed E-state index contributed by atoms with van der Waals surface area (Å²) in [5.41, 5.74) is 0. The molecule has 0 aliphatic heterocycles. The molecule has 0 amide bonds. The molecule has 0 fully saturated rings. The number of carboxylic acids is 1. The maximum Gasteiger partial charge on any atom is 0.328 e. The van der Waals surface area contributed by atoms with Gasteiger partial charge in [-0.25, -0.2) is 4.79 Å². The van der Waals surface area contributed by atoms with Gasteiger partial charge >= 0.3 is 5.97 Å². The molecule has 0 atom stereocenters. The van der Waals surface area contributed by atoms with Crippen LogP contribution in [0.3, 0.4) is 0 Å². The molecule has 0 aliphatic carbocycles. The second-order valence-corrected chi connectivity index (χ2v) is 3.04. The molecule has 64 valence electrons. The number of aliphatic carboxylic acids is 1. The van der Waals surface area contributed by atoms with Crippen LogP contribution >= 0.6 is 15.9 Å². The molecule has 0 saturated heterocycles. The van der Waals surface area contributed by atoms with Crippen molar-refractivity contribution in [1.29, 1.82) is 0 Å². The maximum absolute atomic E-state index is 10.1. The molecular formula is C7H7BrN2O2. The number of carbonyl (C=O) groups is 1. The minimum absolute atomic E-state index is 0.470. The van der Waals surface area contributed by atoms with Gasteiger partial charge in [0.25, 0.3) is 0 Å². The van der Waals surface area contributed by atoms with Gasteiger partial charge in [-0.15, -0.1) is 0 Å². The zero-order valence-electron chi connectivity index (χ0n) is 6.14. The topological polar surface area (TPSA) is 55.1 Å². The molecule has 0 saturated carbocycles. The first-order valence-electron chi connectivity index (χ1n) is 3.26. The van der Waals surface area contributed by atoms with Crippen molar-refractivity contribution in [2.24, 2.45) is 0 Å². The Morgan fingerprint density at radius 2 is 2.58 bits per heavy atom. The highest BCUT2D eigenvalue weighted by Crippen LogP contribution is 2.05. The minimum atomic E-state index is -0.943. The zero-order chi connectivity index (χ0) is 8.97. The van der Waals surface area contributed by atoms with Crippen molar-refractivity contribution in [3.8, 4) is 0 Å².